The number of amides is 1. The minimum Gasteiger partial charge on any atom is -0.398 e. The Morgan fingerprint density at radius 1 is 1.47 bits per heavy atom. The molecule has 1 aromatic rings. The van der Waals surface area contributed by atoms with Crippen molar-refractivity contribution >= 4 is 22.4 Å². The van der Waals surface area contributed by atoms with Gasteiger partial charge in [-0.15, -0.1) is 0 Å². The molecule has 1 amide bonds. The van der Waals surface area contributed by atoms with Crippen molar-refractivity contribution in [3.8, 4) is 0 Å². The number of carbonyl (C=O) groups is 1. The predicted octanol–water partition coefficient (Wildman–Crippen LogP) is 0.640. The largest absolute Gasteiger partial charge is 0.398 e. The number of benzene rings is 1. The van der Waals surface area contributed by atoms with Crippen molar-refractivity contribution in [3.63, 3.8) is 0 Å². The van der Waals surface area contributed by atoms with Crippen LogP contribution in [0, 0.1) is 0 Å². The first-order valence-corrected chi connectivity index (χ1v) is 5.83. The molecule has 4 nitrogen and oxygen atoms in total. The van der Waals surface area contributed by atoms with Crippen LogP contribution >= 0.6 is 0 Å². The fourth-order valence-electron chi connectivity index (χ4n) is 1.28. The van der Waals surface area contributed by atoms with Crippen LogP contribution in [0.15, 0.2) is 29.2 Å². The SMILES string of the molecule is CCC(C(N)=O)S(=O)c1ccccc1N. The molecule has 0 heterocycles. The van der Waals surface area contributed by atoms with E-state index < -0.39 is 22.0 Å². The van der Waals surface area contributed by atoms with E-state index in [2.05, 4.69) is 0 Å². The van der Waals surface area contributed by atoms with Crippen molar-refractivity contribution in [1.82, 2.24) is 0 Å². The van der Waals surface area contributed by atoms with Gasteiger partial charge >= 0.3 is 0 Å². The first-order valence-electron chi connectivity index (χ1n) is 4.62. The Morgan fingerprint density at radius 2 is 2.07 bits per heavy atom. The van der Waals surface area contributed by atoms with Crippen LogP contribution in [0.25, 0.3) is 0 Å². The van der Waals surface area contributed by atoms with E-state index in [1.807, 2.05) is 0 Å². The zero-order valence-corrected chi connectivity index (χ0v) is 9.29. The monoisotopic (exact) mass is 226 g/mol. The lowest BCUT2D eigenvalue weighted by atomic mass is 10.3. The van der Waals surface area contributed by atoms with E-state index >= 15 is 0 Å². The molecule has 2 atom stereocenters. The summed E-state index contributed by atoms with van der Waals surface area (Å²) in [6.45, 7) is 1.77. The summed E-state index contributed by atoms with van der Waals surface area (Å²) in [5.74, 6) is -0.556. The topological polar surface area (TPSA) is 86.2 Å². The van der Waals surface area contributed by atoms with Crippen LogP contribution in [-0.2, 0) is 15.6 Å². The molecule has 1 rings (SSSR count). The Bertz CT molecular complexity index is 393. The molecule has 0 bridgehead atoms. The molecule has 0 saturated carbocycles. The maximum absolute atomic E-state index is 12.0. The number of nitrogens with two attached hydrogens (primary N) is 2. The van der Waals surface area contributed by atoms with Gasteiger partial charge < -0.3 is 11.5 Å². The summed E-state index contributed by atoms with van der Waals surface area (Å²) in [5, 5.41) is -0.672. The van der Waals surface area contributed by atoms with Gasteiger partial charge in [-0.3, -0.25) is 9.00 Å². The van der Waals surface area contributed by atoms with Crippen molar-refractivity contribution in [2.75, 3.05) is 5.73 Å². The van der Waals surface area contributed by atoms with E-state index in [-0.39, 0.29) is 0 Å². The van der Waals surface area contributed by atoms with Gasteiger partial charge in [-0.25, -0.2) is 0 Å². The number of rotatable bonds is 4. The molecule has 1 aromatic carbocycles. The van der Waals surface area contributed by atoms with Crippen molar-refractivity contribution in [3.05, 3.63) is 24.3 Å². The molecule has 2 unspecified atom stereocenters. The summed E-state index contributed by atoms with van der Waals surface area (Å²) in [7, 11) is -1.46. The predicted molar refractivity (Wildman–Crippen MR) is 60.5 cm³/mol. The fraction of sp³-hybridized carbons (Fsp3) is 0.300. The van der Waals surface area contributed by atoms with Gasteiger partial charge in [-0.2, -0.15) is 0 Å². The van der Waals surface area contributed by atoms with Crippen molar-refractivity contribution < 1.29 is 9.00 Å². The van der Waals surface area contributed by atoms with Crippen LogP contribution in [0.5, 0.6) is 0 Å². The van der Waals surface area contributed by atoms with Crippen LogP contribution in [0.2, 0.25) is 0 Å². The van der Waals surface area contributed by atoms with Crippen LogP contribution in [0.4, 0.5) is 5.69 Å². The Morgan fingerprint density at radius 3 is 2.53 bits per heavy atom. The average Bonchev–Trinajstić information content (AvgIpc) is 2.18. The van der Waals surface area contributed by atoms with Crippen molar-refractivity contribution in [2.45, 2.75) is 23.5 Å². The Balaban J connectivity index is 3.03. The van der Waals surface area contributed by atoms with Gasteiger partial charge in [0.05, 0.1) is 15.7 Å². The van der Waals surface area contributed by atoms with Crippen LogP contribution in [-0.4, -0.2) is 15.4 Å². The first kappa shape index (κ1) is 11.7. The third kappa shape index (κ3) is 2.56. The van der Waals surface area contributed by atoms with E-state index in [9.17, 15) is 9.00 Å². The third-order valence-corrected chi connectivity index (χ3v) is 3.97. The maximum atomic E-state index is 12.0. The number of nitrogen functional groups attached to an aromatic ring is 1. The molecule has 0 aliphatic carbocycles. The molecule has 0 spiro atoms. The molecule has 82 valence electrons. The number of carbonyl (C=O) groups excluding carboxylic acids is 1. The van der Waals surface area contributed by atoms with E-state index in [4.69, 9.17) is 11.5 Å². The molecular formula is C10H14N2O2S. The van der Waals surface area contributed by atoms with Gasteiger partial charge in [0.15, 0.2) is 0 Å². The lowest BCUT2D eigenvalue weighted by Crippen LogP contribution is -2.32. The molecule has 0 aromatic heterocycles. The second-order valence-corrected chi connectivity index (χ2v) is 4.74. The van der Waals surface area contributed by atoms with Gasteiger partial charge in [0.1, 0.15) is 5.25 Å². The molecular weight excluding hydrogens is 212 g/mol. The minimum atomic E-state index is -1.46. The first-order chi connectivity index (χ1) is 7.07. The lowest BCUT2D eigenvalue weighted by molar-refractivity contribution is -0.117. The zero-order valence-electron chi connectivity index (χ0n) is 8.47. The minimum absolute atomic E-state index is 0.426. The zero-order chi connectivity index (χ0) is 11.4. The molecule has 0 radical (unpaired) electrons. The fourth-order valence-corrected chi connectivity index (χ4v) is 2.61. The van der Waals surface area contributed by atoms with Gasteiger partial charge in [0, 0.05) is 5.69 Å². The molecule has 15 heavy (non-hydrogen) atoms. The number of anilines is 1. The highest BCUT2D eigenvalue weighted by molar-refractivity contribution is 7.86. The maximum Gasteiger partial charge on any atom is 0.233 e. The summed E-state index contributed by atoms with van der Waals surface area (Å²) in [4.78, 5) is 11.5. The molecule has 0 saturated heterocycles. The molecule has 0 aliphatic heterocycles. The molecule has 5 heteroatoms. The third-order valence-electron chi connectivity index (χ3n) is 2.08. The number of para-hydroxylation sites is 1. The number of hydrogen-bond donors (Lipinski definition) is 2. The van der Waals surface area contributed by atoms with Crippen LogP contribution in [0.3, 0.4) is 0 Å². The van der Waals surface area contributed by atoms with Crippen LogP contribution < -0.4 is 11.5 Å². The standard InChI is InChI=1S/C10H14N2O2S/c1-2-8(10(12)13)15(14)9-6-4-3-5-7(9)11/h3-6,8H,2,11H2,1H3,(H2,12,13). The van der Waals surface area contributed by atoms with E-state index in [1.54, 1.807) is 31.2 Å². The van der Waals surface area contributed by atoms with E-state index in [0.717, 1.165) is 0 Å². The highest BCUT2D eigenvalue weighted by Crippen LogP contribution is 2.19. The van der Waals surface area contributed by atoms with E-state index in [0.29, 0.717) is 17.0 Å². The van der Waals surface area contributed by atoms with Crippen molar-refractivity contribution in [1.29, 1.82) is 0 Å². The van der Waals surface area contributed by atoms with Gasteiger partial charge in [0.2, 0.25) is 5.91 Å². The van der Waals surface area contributed by atoms with Gasteiger partial charge in [-0.1, -0.05) is 19.1 Å². The quantitative estimate of drug-likeness (QED) is 0.739. The van der Waals surface area contributed by atoms with Gasteiger partial charge in [-0.05, 0) is 18.6 Å². The lowest BCUT2D eigenvalue weighted by Gasteiger charge is -2.12. The van der Waals surface area contributed by atoms with E-state index in [1.165, 1.54) is 0 Å². The second kappa shape index (κ2) is 4.93. The number of primary amides is 1. The normalized spacial score (nSPS) is 14.5. The Labute approximate surface area is 91.1 Å². The molecule has 0 aliphatic rings. The highest BCUT2D eigenvalue weighted by Gasteiger charge is 2.23. The van der Waals surface area contributed by atoms with Crippen LogP contribution in [0.1, 0.15) is 13.3 Å². The molecule has 0 fully saturated rings. The summed E-state index contributed by atoms with van der Waals surface area (Å²) in [5.41, 5.74) is 11.3. The average molecular weight is 226 g/mol. The van der Waals surface area contributed by atoms with Gasteiger partial charge in [0.25, 0.3) is 0 Å². The smallest absolute Gasteiger partial charge is 0.233 e. The summed E-state index contributed by atoms with van der Waals surface area (Å²) >= 11 is 0. The van der Waals surface area contributed by atoms with Crippen molar-refractivity contribution in [2.24, 2.45) is 5.73 Å². The number of hydrogen-bond acceptors (Lipinski definition) is 3. The summed E-state index contributed by atoms with van der Waals surface area (Å²) < 4.78 is 12.0. The Kier molecular flexibility index (Phi) is 3.85. The highest BCUT2D eigenvalue weighted by atomic mass is 32.2. The Hall–Kier alpha value is -1.36. The summed E-state index contributed by atoms with van der Waals surface area (Å²) in [6, 6.07) is 6.79. The molecule has 4 N–H and O–H groups in total. The summed E-state index contributed by atoms with van der Waals surface area (Å²) in [6.07, 6.45) is 0.441. The second-order valence-electron chi connectivity index (χ2n) is 3.13.